The van der Waals surface area contributed by atoms with Crippen molar-refractivity contribution in [1.82, 2.24) is 10.1 Å². The van der Waals surface area contributed by atoms with E-state index in [0.29, 0.717) is 23.9 Å². The van der Waals surface area contributed by atoms with Gasteiger partial charge < -0.3 is 16.3 Å². The van der Waals surface area contributed by atoms with E-state index in [4.69, 9.17) is 22.4 Å². The molecule has 0 heterocycles. The van der Waals surface area contributed by atoms with E-state index in [-0.39, 0.29) is 6.61 Å². The standard InChI is InChI=1S/C16H19ClN4OS/c17-14-5-1-12(2-6-14)11-19-21-16(18)13-3-7-15(8-4-13)23-20-9-10-22/h1-8,19-20,22H,9-11H2,(H2,18,21). The van der Waals surface area contributed by atoms with E-state index in [2.05, 4.69) is 15.2 Å². The van der Waals surface area contributed by atoms with Gasteiger partial charge >= 0.3 is 0 Å². The molecule has 0 aliphatic carbocycles. The SMILES string of the molecule is N/C(=N\NCc1ccc(Cl)cc1)c1ccc(SNCCO)cc1. The molecule has 0 amide bonds. The molecule has 5 N–H and O–H groups in total. The Balaban J connectivity index is 1.86. The minimum atomic E-state index is 0.115. The van der Waals surface area contributed by atoms with Gasteiger partial charge in [0.25, 0.3) is 0 Å². The maximum Gasteiger partial charge on any atom is 0.150 e. The average Bonchev–Trinajstić information content (AvgIpc) is 2.57. The first-order valence-corrected chi connectivity index (χ1v) is 8.30. The zero-order valence-electron chi connectivity index (χ0n) is 12.5. The Bertz CT molecular complexity index is 632. The van der Waals surface area contributed by atoms with Crippen molar-refractivity contribution in [2.75, 3.05) is 13.2 Å². The molecule has 0 unspecified atom stereocenters. The summed E-state index contributed by atoms with van der Waals surface area (Å²) in [5.74, 6) is 0.429. The minimum Gasteiger partial charge on any atom is -0.395 e. The van der Waals surface area contributed by atoms with E-state index in [0.717, 1.165) is 16.0 Å². The Morgan fingerprint density at radius 3 is 2.48 bits per heavy atom. The smallest absolute Gasteiger partial charge is 0.150 e. The number of halogens is 1. The summed E-state index contributed by atoms with van der Waals surface area (Å²) in [6.45, 7) is 1.24. The molecule has 0 radical (unpaired) electrons. The number of aliphatic hydroxyl groups is 1. The highest BCUT2D eigenvalue weighted by molar-refractivity contribution is 7.97. The van der Waals surface area contributed by atoms with Crippen molar-refractivity contribution in [2.45, 2.75) is 11.4 Å². The molecule has 0 spiro atoms. The lowest BCUT2D eigenvalue weighted by Gasteiger charge is -2.06. The number of benzene rings is 2. The van der Waals surface area contributed by atoms with Crippen LogP contribution < -0.4 is 15.9 Å². The molecule has 0 aliphatic rings. The van der Waals surface area contributed by atoms with Crippen molar-refractivity contribution in [3.05, 3.63) is 64.7 Å². The summed E-state index contributed by atoms with van der Waals surface area (Å²) < 4.78 is 3.04. The number of rotatable bonds is 8. The first-order chi connectivity index (χ1) is 11.2. The van der Waals surface area contributed by atoms with Crippen LogP contribution in [0.25, 0.3) is 0 Å². The summed E-state index contributed by atoms with van der Waals surface area (Å²) >= 11 is 7.31. The maximum atomic E-state index is 8.72. The van der Waals surface area contributed by atoms with Gasteiger partial charge in [0.2, 0.25) is 0 Å². The molecule has 0 atom stereocenters. The van der Waals surface area contributed by atoms with Gasteiger partial charge in [-0.05, 0) is 41.8 Å². The van der Waals surface area contributed by atoms with Gasteiger partial charge in [-0.3, -0.25) is 4.72 Å². The third-order valence-electron chi connectivity index (χ3n) is 2.95. The lowest BCUT2D eigenvalue weighted by molar-refractivity contribution is 0.302. The molecule has 0 aliphatic heterocycles. The fourth-order valence-electron chi connectivity index (χ4n) is 1.76. The molecule has 2 aromatic rings. The summed E-state index contributed by atoms with van der Waals surface area (Å²) in [4.78, 5) is 1.05. The lowest BCUT2D eigenvalue weighted by Crippen LogP contribution is -2.18. The molecule has 7 heteroatoms. The Morgan fingerprint density at radius 2 is 1.83 bits per heavy atom. The molecular weight excluding hydrogens is 332 g/mol. The summed E-state index contributed by atoms with van der Waals surface area (Å²) in [6, 6.07) is 15.3. The molecule has 122 valence electrons. The van der Waals surface area contributed by atoms with E-state index in [1.54, 1.807) is 0 Å². The van der Waals surface area contributed by atoms with E-state index < -0.39 is 0 Å². The van der Waals surface area contributed by atoms with Crippen LogP contribution in [0.15, 0.2) is 58.5 Å². The molecule has 2 aromatic carbocycles. The van der Waals surface area contributed by atoms with Gasteiger partial charge in [-0.1, -0.05) is 35.9 Å². The van der Waals surface area contributed by atoms with Gasteiger partial charge in [-0.2, -0.15) is 5.10 Å². The molecule has 0 aromatic heterocycles. The molecule has 0 fully saturated rings. The predicted octanol–water partition coefficient (Wildman–Crippen LogP) is 2.34. The Kier molecular flexibility index (Phi) is 7.22. The molecule has 5 nitrogen and oxygen atoms in total. The van der Waals surface area contributed by atoms with Crippen LogP contribution in [0.5, 0.6) is 0 Å². The third-order valence-corrected chi connectivity index (χ3v) is 4.06. The highest BCUT2D eigenvalue weighted by Crippen LogP contribution is 2.15. The Hall–Kier alpha value is -1.73. The van der Waals surface area contributed by atoms with Crippen LogP contribution in [0, 0.1) is 0 Å². The zero-order chi connectivity index (χ0) is 16.5. The summed E-state index contributed by atoms with van der Waals surface area (Å²) in [6.07, 6.45) is 0. The van der Waals surface area contributed by atoms with E-state index in [1.807, 2.05) is 48.5 Å². The molecule has 0 saturated carbocycles. The largest absolute Gasteiger partial charge is 0.395 e. The first kappa shape index (κ1) is 17.6. The predicted molar refractivity (Wildman–Crippen MR) is 96.4 cm³/mol. The minimum absolute atomic E-state index is 0.115. The van der Waals surface area contributed by atoms with Crippen LogP contribution in [0.1, 0.15) is 11.1 Å². The zero-order valence-corrected chi connectivity index (χ0v) is 14.1. The monoisotopic (exact) mass is 350 g/mol. The van der Waals surface area contributed by atoms with Crippen LogP contribution in [0.2, 0.25) is 5.02 Å². The van der Waals surface area contributed by atoms with Gasteiger partial charge in [0.05, 0.1) is 13.2 Å². The molecule has 0 saturated heterocycles. The maximum absolute atomic E-state index is 8.72. The second-order valence-electron chi connectivity index (χ2n) is 4.70. The molecule has 23 heavy (non-hydrogen) atoms. The number of hydrazone groups is 1. The van der Waals surface area contributed by atoms with Crippen molar-refractivity contribution >= 4 is 29.4 Å². The van der Waals surface area contributed by atoms with Crippen LogP contribution in [-0.4, -0.2) is 24.1 Å². The molecular formula is C16H19ClN4OS. The van der Waals surface area contributed by atoms with E-state index >= 15 is 0 Å². The van der Waals surface area contributed by atoms with Gasteiger partial charge in [-0.15, -0.1) is 0 Å². The topological polar surface area (TPSA) is 82.7 Å². The van der Waals surface area contributed by atoms with Crippen molar-refractivity contribution in [3.63, 3.8) is 0 Å². The number of nitrogens with zero attached hydrogens (tertiary/aromatic N) is 1. The fourth-order valence-corrected chi connectivity index (χ4v) is 2.51. The number of nitrogens with two attached hydrogens (primary N) is 1. The van der Waals surface area contributed by atoms with Crippen LogP contribution in [0.3, 0.4) is 0 Å². The highest BCUT2D eigenvalue weighted by Gasteiger charge is 2.00. The number of nitrogens with one attached hydrogen (secondary N) is 2. The van der Waals surface area contributed by atoms with E-state index in [9.17, 15) is 0 Å². The molecule has 2 rings (SSSR count). The number of hydrogen-bond donors (Lipinski definition) is 4. The van der Waals surface area contributed by atoms with Gasteiger partial charge in [-0.25, -0.2) is 0 Å². The fraction of sp³-hybridized carbons (Fsp3) is 0.188. The third kappa shape index (κ3) is 6.11. The van der Waals surface area contributed by atoms with E-state index in [1.165, 1.54) is 11.9 Å². The quantitative estimate of drug-likeness (QED) is 0.193. The molecule has 0 bridgehead atoms. The van der Waals surface area contributed by atoms with Gasteiger partial charge in [0, 0.05) is 22.0 Å². The summed E-state index contributed by atoms with van der Waals surface area (Å²) in [5, 5.41) is 13.6. The van der Waals surface area contributed by atoms with Crippen LogP contribution in [0.4, 0.5) is 0 Å². The van der Waals surface area contributed by atoms with Gasteiger partial charge in [0.1, 0.15) is 0 Å². The highest BCUT2D eigenvalue weighted by atomic mass is 35.5. The number of aliphatic hydroxyl groups excluding tert-OH is 1. The van der Waals surface area contributed by atoms with Crippen molar-refractivity contribution in [2.24, 2.45) is 10.8 Å². The number of amidine groups is 1. The lowest BCUT2D eigenvalue weighted by atomic mass is 10.2. The second-order valence-corrected chi connectivity index (χ2v) is 6.10. The average molecular weight is 351 g/mol. The Morgan fingerprint density at radius 1 is 1.13 bits per heavy atom. The number of hydrogen-bond acceptors (Lipinski definition) is 5. The van der Waals surface area contributed by atoms with Gasteiger partial charge in [0.15, 0.2) is 5.84 Å². The first-order valence-electron chi connectivity index (χ1n) is 7.10. The Labute approximate surface area is 145 Å². The summed E-state index contributed by atoms with van der Waals surface area (Å²) in [5.41, 5.74) is 10.8. The van der Waals surface area contributed by atoms with Crippen molar-refractivity contribution in [3.8, 4) is 0 Å². The second kappa shape index (κ2) is 9.42. The van der Waals surface area contributed by atoms with Crippen LogP contribution in [-0.2, 0) is 6.54 Å². The normalized spacial score (nSPS) is 11.5. The summed E-state index contributed by atoms with van der Waals surface area (Å²) in [7, 11) is 0. The van der Waals surface area contributed by atoms with Crippen LogP contribution >= 0.6 is 23.5 Å². The van der Waals surface area contributed by atoms with Crippen molar-refractivity contribution < 1.29 is 5.11 Å². The van der Waals surface area contributed by atoms with Crippen molar-refractivity contribution in [1.29, 1.82) is 0 Å².